The summed E-state index contributed by atoms with van der Waals surface area (Å²) in [5, 5.41) is 5.25. The highest BCUT2D eigenvalue weighted by molar-refractivity contribution is 7.90. The summed E-state index contributed by atoms with van der Waals surface area (Å²) in [7, 11) is -3.95. The normalized spacial score (nSPS) is 17.1. The van der Waals surface area contributed by atoms with E-state index in [1.165, 1.54) is 26.0 Å². The molecule has 0 spiro atoms. The number of hydrogen-bond acceptors (Lipinski definition) is 7. The van der Waals surface area contributed by atoms with Crippen molar-refractivity contribution in [3.8, 4) is 0 Å². The lowest BCUT2D eigenvalue weighted by Crippen LogP contribution is -2.35. The molecule has 4 rings (SSSR count). The summed E-state index contributed by atoms with van der Waals surface area (Å²) < 4.78 is 34.8. The summed E-state index contributed by atoms with van der Waals surface area (Å²) in [6.07, 6.45) is 2.25. The van der Waals surface area contributed by atoms with E-state index in [9.17, 15) is 22.8 Å². The van der Waals surface area contributed by atoms with Gasteiger partial charge in [0.25, 0.3) is 15.9 Å². The van der Waals surface area contributed by atoms with E-state index >= 15 is 0 Å². The number of nitrogens with zero attached hydrogens (tertiary/aromatic N) is 2. The zero-order valence-corrected chi connectivity index (χ0v) is 20.2. The summed E-state index contributed by atoms with van der Waals surface area (Å²) in [6.45, 7) is 3.47. The number of anilines is 3. The van der Waals surface area contributed by atoms with E-state index in [-0.39, 0.29) is 16.4 Å². The minimum Gasteiger partial charge on any atom is -0.449 e. The topological polar surface area (TPSA) is 134 Å². The molecule has 0 bridgehead atoms. The van der Waals surface area contributed by atoms with Crippen molar-refractivity contribution < 1.29 is 27.5 Å². The lowest BCUT2D eigenvalue weighted by atomic mass is 10.1. The van der Waals surface area contributed by atoms with Crippen LogP contribution in [0.25, 0.3) is 0 Å². The van der Waals surface area contributed by atoms with Crippen LogP contribution in [0.4, 0.5) is 17.1 Å². The second-order valence-corrected chi connectivity index (χ2v) is 10.00. The summed E-state index contributed by atoms with van der Waals surface area (Å²) in [5.41, 5.74) is 1.55. The van der Waals surface area contributed by atoms with E-state index in [1.54, 1.807) is 30.3 Å². The van der Waals surface area contributed by atoms with Crippen molar-refractivity contribution in [3.05, 3.63) is 48.0 Å². The number of carbonyl (C=O) groups is 3. The number of fused-ring (bicyclic) bond motifs is 3. The number of amidine groups is 1. The fraction of sp³-hybridized carbons (Fsp3) is 0.333. The number of esters is 1. The first-order chi connectivity index (χ1) is 16.6. The van der Waals surface area contributed by atoms with Crippen molar-refractivity contribution in [2.75, 3.05) is 22.1 Å². The Morgan fingerprint density at radius 3 is 2.37 bits per heavy atom. The molecule has 0 radical (unpaired) electrons. The molecule has 0 aromatic heterocycles. The van der Waals surface area contributed by atoms with Gasteiger partial charge in [-0.05, 0) is 62.2 Å². The first kappa shape index (κ1) is 24.4. The van der Waals surface area contributed by atoms with Gasteiger partial charge in [-0.3, -0.25) is 9.59 Å². The molecule has 35 heavy (non-hydrogen) atoms. The van der Waals surface area contributed by atoms with E-state index in [1.807, 2.05) is 4.90 Å². The van der Waals surface area contributed by atoms with Gasteiger partial charge in [0.05, 0.1) is 11.3 Å². The molecule has 2 aliphatic heterocycles. The molecule has 2 heterocycles. The molecule has 1 saturated heterocycles. The van der Waals surface area contributed by atoms with Crippen LogP contribution in [0.2, 0.25) is 0 Å². The lowest BCUT2D eigenvalue weighted by Gasteiger charge is -2.29. The molecule has 2 N–H and O–H groups in total. The third-order valence-corrected chi connectivity index (χ3v) is 7.04. The molecule has 1 fully saturated rings. The quantitative estimate of drug-likeness (QED) is 0.604. The summed E-state index contributed by atoms with van der Waals surface area (Å²) in [5.74, 6) is -1.07. The van der Waals surface area contributed by atoms with Crippen LogP contribution in [-0.4, -0.2) is 44.7 Å². The van der Waals surface area contributed by atoms with Gasteiger partial charge >= 0.3 is 5.97 Å². The van der Waals surface area contributed by atoms with Crippen molar-refractivity contribution in [1.29, 1.82) is 0 Å². The number of amides is 2. The largest absolute Gasteiger partial charge is 0.449 e. The van der Waals surface area contributed by atoms with Crippen LogP contribution in [0.15, 0.2) is 51.8 Å². The molecule has 10 nitrogen and oxygen atoms in total. The standard InChI is InChI=1S/C24H26N4O6S/c1-15(23(30)26-19-10-8-18(9-11-19)25-16(2)29)34-24(31)17-7-12-20-21(14-17)35(32,33)27-22-6-4-3-5-13-28(20)22/h7-12,14-15H,3-6,13H2,1-2H3,(H,25,29)(H,26,30)/t15-/m1/s1. The van der Waals surface area contributed by atoms with Gasteiger partial charge in [-0.2, -0.15) is 8.42 Å². The van der Waals surface area contributed by atoms with E-state index in [0.29, 0.717) is 35.9 Å². The number of nitrogens with one attached hydrogen (secondary N) is 2. The highest BCUT2D eigenvalue weighted by atomic mass is 32.2. The Hall–Kier alpha value is -3.73. The fourth-order valence-corrected chi connectivity index (χ4v) is 5.26. The Bertz CT molecular complexity index is 1300. The van der Waals surface area contributed by atoms with Gasteiger partial charge in [-0.15, -0.1) is 4.40 Å². The number of sulfonamides is 1. The van der Waals surface area contributed by atoms with Crippen LogP contribution < -0.4 is 15.5 Å². The SMILES string of the molecule is CC(=O)Nc1ccc(NC(=O)[C@@H](C)OC(=O)c2ccc3c(c2)S(=O)(=O)N=C2CCCCCN23)cc1. The van der Waals surface area contributed by atoms with E-state index < -0.39 is 28.0 Å². The van der Waals surface area contributed by atoms with Gasteiger partial charge in [0.1, 0.15) is 10.7 Å². The maximum Gasteiger partial charge on any atom is 0.338 e. The molecule has 184 valence electrons. The Kier molecular flexibility index (Phi) is 6.88. The minimum absolute atomic E-state index is 0.0140. The molecular weight excluding hydrogens is 472 g/mol. The smallest absolute Gasteiger partial charge is 0.338 e. The van der Waals surface area contributed by atoms with Crippen LogP contribution in [0.3, 0.4) is 0 Å². The second kappa shape index (κ2) is 9.87. The third kappa shape index (κ3) is 5.51. The highest BCUT2D eigenvalue weighted by Gasteiger charge is 2.32. The molecule has 2 aliphatic rings. The molecule has 0 saturated carbocycles. The Morgan fingerprint density at radius 2 is 1.69 bits per heavy atom. The maximum atomic E-state index is 12.8. The van der Waals surface area contributed by atoms with Crippen LogP contribution in [0, 0.1) is 0 Å². The average molecular weight is 499 g/mol. The monoisotopic (exact) mass is 498 g/mol. The molecule has 2 amide bonds. The van der Waals surface area contributed by atoms with E-state index in [0.717, 1.165) is 19.3 Å². The first-order valence-corrected chi connectivity index (χ1v) is 12.7. The molecule has 0 unspecified atom stereocenters. The number of rotatable bonds is 5. The molecule has 11 heteroatoms. The molecule has 1 atom stereocenters. The minimum atomic E-state index is -3.95. The number of hydrogen-bond donors (Lipinski definition) is 2. The molecule has 2 aromatic carbocycles. The Morgan fingerprint density at radius 1 is 1.00 bits per heavy atom. The Balaban J connectivity index is 1.45. The van der Waals surface area contributed by atoms with Gasteiger partial charge in [-0.25, -0.2) is 4.79 Å². The summed E-state index contributed by atoms with van der Waals surface area (Å²) in [4.78, 5) is 38.1. The summed E-state index contributed by atoms with van der Waals surface area (Å²) >= 11 is 0. The van der Waals surface area contributed by atoms with Gasteiger partial charge in [-0.1, -0.05) is 6.42 Å². The van der Waals surface area contributed by atoms with Crippen LogP contribution in [-0.2, 0) is 24.3 Å². The van der Waals surface area contributed by atoms with E-state index in [2.05, 4.69) is 15.0 Å². The predicted molar refractivity (Wildman–Crippen MR) is 131 cm³/mol. The highest BCUT2D eigenvalue weighted by Crippen LogP contribution is 2.35. The van der Waals surface area contributed by atoms with Gasteiger partial charge in [0.2, 0.25) is 5.91 Å². The van der Waals surface area contributed by atoms with Crippen molar-refractivity contribution in [1.82, 2.24) is 0 Å². The Labute approximate surface area is 203 Å². The summed E-state index contributed by atoms with van der Waals surface area (Å²) in [6, 6.07) is 10.8. The first-order valence-electron chi connectivity index (χ1n) is 11.3. The van der Waals surface area contributed by atoms with Gasteiger partial charge in [0.15, 0.2) is 6.10 Å². The number of benzene rings is 2. The van der Waals surface area contributed by atoms with Crippen molar-refractivity contribution >= 4 is 50.7 Å². The fourth-order valence-electron chi connectivity index (χ4n) is 3.97. The van der Waals surface area contributed by atoms with Gasteiger partial charge in [0, 0.05) is 31.3 Å². The number of carbonyl (C=O) groups excluding carboxylic acids is 3. The van der Waals surface area contributed by atoms with Crippen molar-refractivity contribution in [2.45, 2.75) is 50.5 Å². The number of ether oxygens (including phenoxy) is 1. The zero-order chi connectivity index (χ0) is 25.2. The molecule has 0 aliphatic carbocycles. The van der Waals surface area contributed by atoms with Crippen LogP contribution >= 0.6 is 0 Å². The van der Waals surface area contributed by atoms with Gasteiger partial charge < -0.3 is 20.3 Å². The lowest BCUT2D eigenvalue weighted by molar-refractivity contribution is -0.123. The van der Waals surface area contributed by atoms with Crippen molar-refractivity contribution in [2.24, 2.45) is 4.40 Å². The van der Waals surface area contributed by atoms with Crippen LogP contribution in [0.1, 0.15) is 49.9 Å². The van der Waals surface area contributed by atoms with Crippen LogP contribution in [0.5, 0.6) is 0 Å². The molecule has 2 aromatic rings. The molecular formula is C24H26N4O6S. The van der Waals surface area contributed by atoms with Crippen molar-refractivity contribution in [3.63, 3.8) is 0 Å². The maximum absolute atomic E-state index is 12.8. The third-order valence-electron chi connectivity index (χ3n) is 5.71. The average Bonchev–Trinajstić information content (AvgIpc) is 3.04. The zero-order valence-electron chi connectivity index (χ0n) is 19.4. The predicted octanol–water partition coefficient (Wildman–Crippen LogP) is 3.31. The second-order valence-electron chi connectivity index (χ2n) is 8.42. The van der Waals surface area contributed by atoms with E-state index in [4.69, 9.17) is 4.74 Å².